The summed E-state index contributed by atoms with van der Waals surface area (Å²) in [5.74, 6) is 0.626. The first kappa shape index (κ1) is 12.4. The maximum absolute atomic E-state index is 5.91. The molecule has 0 aromatic heterocycles. The fourth-order valence-corrected chi connectivity index (χ4v) is 2.56. The highest BCUT2D eigenvalue weighted by Crippen LogP contribution is 2.32. The van der Waals surface area contributed by atoms with Crippen molar-refractivity contribution < 1.29 is 0 Å². The lowest BCUT2D eigenvalue weighted by Crippen LogP contribution is -2.39. The molecular formula is C15H24N2. The van der Waals surface area contributed by atoms with E-state index in [4.69, 9.17) is 5.73 Å². The summed E-state index contributed by atoms with van der Waals surface area (Å²) >= 11 is 0. The molecule has 0 heterocycles. The molecule has 2 nitrogen and oxygen atoms in total. The van der Waals surface area contributed by atoms with E-state index in [1.165, 1.54) is 30.4 Å². The fraction of sp³-hybridized carbons (Fsp3) is 0.600. The lowest BCUT2D eigenvalue weighted by atomic mass is 9.82. The molecule has 0 bridgehead atoms. The van der Waals surface area contributed by atoms with Crippen molar-refractivity contribution in [1.29, 1.82) is 0 Å². The molecule has 0 amide bonds. The smallest absolute Gasteiger partial charge is 0.0317 e. The number of rotatable bonds is 2. The maximum atomic E-state index is 5.91. The first-order chi connectivity index (χ1) is 7.96. The molecule has 0 saturated heterocycles. The largest absolute Gasteiger partial charge is 0.399 e. The summed E-state index contributed by atoms with van der Waals surface area (Å²) in [5, 5.41) is 3.61. The van der Waals surface area contributed by atoms with Gasteiger partial charge in [0.15, 0.2) is 0 Å². The number of nitrogens with one attached hydrogen (secondary N) is 1. The van der Waals surface area contributed by atoms with Crippen LogP contribution < -0.4 is 11.1 Å². The Kier molecular flexibility index (Phi) is 3.43. The van der Waals surface area contributed by atoms with Gasteiger partial charge in [0.25, 0.3) is 0 Å². The van der Waals surface area contributed by atoms with Gasteiger partial charge < -0.3 is 11.1 Å². The lowest BCUT2D eigenvalue weighted by Gasteiger charge is -2.29. The Morgan fingerprint density at radius 3 is 2.82 bits per heavy atom. The summed E-state index contributed by atoms with van der Waals surface area (Å²) in [5.41, 5.74) is 9.95. The summed E-state index contributed by atoms with van der Waals surface area (Å²) in [6, 6.07) is 6.40. The van der Waals surface area contributed by atoms with Crippen LogP contribution in [0.4, 0.5) is 5.69 Å². The van der Waals surface area contributed by atoms with Crippen LogP contribution >= 0.6 is 0 Å². The van der Waals surface area contributed by atoms with Gasteiger partial charge in [-0.3, -0.25) is 0 Å². The summed E-state index contributed by atoms with van der Waals surface area (Å²) in [7, 11) is 0. The first-order valence-corrected chi connectivity index (χ1v) is 6.59. The minimum absolute atomic E-state index is 0.192. The first-order valence-electron chi connectivity index (χ1n) is 6.59. The number of nitrogen functional groups attached to an aromatic ring is 1. The van der Waals surface area contributed by atoms with Crippen molar-refractivity contribution in [2.24, 2.45) is 0 Å². The highest BCUT2D eigenvalue weighted by molar-refractivity contribution is 5.47. The number of benzene rings is 1. The van der Waals surface area contributed by atoms with Crippen molar-refractivity contribution in [3.63, 3.8) is 0 Å². The Morgan fingerprint density at radius 1 is 1.35 bits per heavy atom. The topological polar surface area (TPSA) is 38.0 Å². The van der Waals surface area contributed by atoms with Crippen molar-refractivity contribution in [3.8, 4) is 0 Å². The van der Waals surface area contributed by atoms with Crippen LogP contribution in [-0.4, -0.2) is 12.1 Å². The molecule has 1 atom stereocenters. The van der Waals surface area contributed by atoms with Crippen molar-refractivity contribution in [2.75, 3.05) is 12.3 Å². The summed E-state index contributed by atoms with van der Waals surface area (Å²) in [6.07, 6.45) is 3.79. The van der Waals surface area contributed by atoms with Gasteiger partial charge in [0.1, 0.15) is 0 Å². The van der Waals surface area contributed by atoms with Crippen LogP contribution in [0.25, 0.3) is 0 Å². The second-order valence-corrected chi connectivity index (χ2v) is 6.18. The third-order valence-corrected chi connectivity index (χ3v) is 3.49. The van der Waals surface area contributed by atoms with Gasteiger partial charge in [-0.1, -0.05) is 6.07 Å². The lowest BCUT2D eigenvalue weighted by molar-refractivity contribution is 0.390. The molecule has 1 aliphatic carbocycles. The third kappa shape index (κ3) is 3.22. The van der Waals surface area contributed by atoms with E-state index in [1.54, 1.807) is 0 Å². The van der Waals surface area contributed by atoms with Gasteiger partial charge in [-0.05, 0) is 69.2 Å². The molecule has 0 aliphatic heterocycles. The number of fused-ring (bicyclic) bond motifs is 1. The molecular weight excluding hydrogens is 208 g/mol. The van der Waals surface area contributed by atoms with Crippen LogP contribution in [0, 0.1) is 0 Å². The standard InChI is InChI=1S/C15H24N2/c1-15(2,3)17-10-12-6-4-5-11-7-8-13(16)9-14(11)12/h7-9,12,17H,4-6,10,16H2,1-3H3. The normalized spacial score (nSPS) is 20.1. The Balaban J connectivity index is 2.14. The molecule has 0 spiro atoms. The van der Waals surface area contributed by atoms with Gasteiger partial charge in [-0.15, -0.1) is 0 Å². The van der Waals surface area contributed by atoms with Gasteiger partial charge >= 0.3 is 0 Å². The molecule has 2 heteroatoms. The van der Waals surface area contributed by atoms with Crippen molar-refractivity contribution in [1.82, 2.24) is 5.32 Å². The van der Waals surface area contributed by atoms with E-state index in [-0.39, 0.29) is 5.54 Å². The fourth-order valence-electron chi connectivity index (χ4n) is 2.56. The van der Waals surface area contributed by atoms with Crippen LogP contribution in [0.15, 0.2) is 18.2 Å². The molecule has 1 aromatic carbocycles. The number of nitrogens with two attached hydrogens (primary N) is 1. The van der Waals surface area contributed by atoms with E-state index >= 15 is 0 Å². The second-order valence-electron chi connectivity index (χ2n) is 6.18. The Hall–Kier alpha value is -1.02. The summed E-state index contributed by atoms with van der Waals surface area (Å²) in [4.78, 5) is 0. The van der Waals surface area contributed by atoms with E-state index in [0.29, 0.717) is 5.92 Å². The zero-order valence-electron chi connectivity index (χ0n) is 11.2. The average Bonchev–Trinajstić information content (AvgIpc) is 2.25. The van der Waals surface area contributed by atoms with Crippen LogP contribution in [0.5, 0.6) is 0 Å². The van der Waals surface area contributed by atoms with Crippen LogP contribution in [-0.2, 0) is 6.42 Å². The van der Waals surface area contributed by atoms with Crippen LogP contribution in [0.1, 0.15) is 50.7 Å². The van der Waals surface area contributed by atoms with Crippen molar-refractivity contribution >= 4 is 5.69 Å². The van der Waals surface area contributed by atoms with Gasteiger partial charge in [0.05, 0.1) is 0 Å². The Bertz CT molecular complexity index is 390. The van der Waals surface area contributed by atoms with Gasteiger partial charge in [0.2, 0.25) is 0 Å². The molecule has 1 aliphatic rings. The van der Waals surface area contributed by atoms with E-state index in [1.807, 2.05) is 6.07 Å². The summed E-state index contributed by atoms with van der Waals surface area (Å²) < 4.78 is 0. The van der Waals surface area contributed by atoms with Crippen LogP contribution in [0.2, 0.25) is 0 Å². The Morgan fingerprint density at radius 2 is 2.12 bits per heavy atom. The SMILES string of the molecule is CC(C)(C)NCC1CCCc2ccc(N)cc21. The minimum atomic E-state index is 0.192. The number of hydrogen-bond donors (Lipinski definition) is 2. The molecule has 0 saturated carbocycles. The predicted octanol–water partition coefficient (Wildman–Crippen LogP) is 3.08. The maximum Gasteiger partial charge on any atom is 0.0317 e. The van der Waals surface area contributed by atoms with Crippen LogP contribution in [0.3, 0.4) is 0 Å². The van der Waals surface area contributed by atoms with Gasteiger partial charge in [0, 0.05) is 17.8 Å². The highest BCUT2D eigenvalue weighted by Gasteiger charge is 2.21. The Labute approximate surface area is 105 Å². The van der Waals surface area contributed by atoms with Crippen molar-refractivity contribution in [3.05, 3.63) is 29.3 Å². The van der Waals surface area contributed by atoms with Gasteiger partial charge in [-0.2, -0.15) is 0 Å². The summed E-state index contributed by atoms with van der Waals surface area (Å²) in [6.45, 7) is 7.71. The second kappa shape index (κ2) is 4.69. The average molecular weight is 232 g/mol. The highest BCUT2D eigenvalue weighted by atomic mass is 14.9. The third-order valence-electron chi connectivity index (χ3n) is 3.49. The molecule has 1 aromatic rings. The molecule has 3 N–H and O–H groups in total. The predicted molar refractivity (Wildman–Crippen MR) is 74.3 cm³/mol. The number of hydrogen-bond acceptors (Lipinski definition) is 2. The monoisotopic (exact) mass is 232 g/mol. The zero-order valence-corrected chi connectivity index (χ0v) is 11.2. The van der Waals surface area contributed by atoms with Crippen molar-refractivity contribution in [2.45, 2.75) is 51.5 Å². The quantitative estimate of drug-likeness (QED) is 0.769. The van der Waals surface area contributed by atoms with E-state index in [0.717, 1.165) is 12.2 Å². The van der Waals surface area contributed by atoms with E-state index < -0.39 is 0 Å². The minimum Gasteiger partial charge on any atom is -0.399 e. The number of anilines is 1. The van der Waals surface area contributed by atoms with E-state index in [2.05, 4.69) is 38.2 Å². The zero-order chi connectivity index (χ0) is 12.5. The molecule has 2 rings (SSSR count). The molecule has 17 heavy (non-hydrogen) atoms. The number of aryl methyl sites for hydroxylation is 1. The molecule has 1 unspecified atom stereocenters. The van der Waals surface area contributed by atoms with E-state index in [9.17, 15) is 0 Å². The molecule has 0 radical (unpaired) electrons. The molecule has 94 valence electrons. The van der Waals surface area contributed by atoms with Gasteiger partial charge in [-0.25, -0.2) is 0 Å². The molecule has 0 fully saturated rings.